The van der Waals surface area contributed by atoms with Crippen molar-refractivity contribution in [2.75, 3.05) is 0 Å². The third-order valence-electron chi connectivity index (χ3n) is 3.40. The molecule has 1 saturated carbocycles. The summed E-state index contributed by atoms with van der Waals surface area (Å²) in [6.45, 7) is 8.73. The molecule has 1 N–H and O–H groups in total. The first kappa shape index (κ1) is 11.8. The lowest BCUT2D eigenvalue weighted by Crippen LogP contribution is -2.14. The van der Waals surface area contributed by atoms with Crippen LogP contribution >= 0.6 is 11.6 Å². The predicted molar refractivity (Wildman–Crippen MR) is 68.3 cm³/mol. The molecule has 1 aromatic rings. The topological polar surface area (TPSA) is 20.2 Å². The van der Waals surface area contributed by atoms with Crippen LogP contribution in [0.25, 0.3) is 0 Å². The van der Waals surface area contributed by atoms with Crippen LogP contribution < -0.4 is 0 Å². The van der Waals surface area contributed by atoms with Crippen LogP contribution in [-0.2, 0) is 5.41 Å². The summed E-state index contributed by atoms with van der Waals surface area (Å²) < 4.78 is 0. The zero-order valence-corrected chi connectivity index (χ0v) is 11.1. The van der Waals surface area contributed by atoms with Crippen LogP contribution in [0, 0.1) is 5.92 Å². The van der Waals surface area contributed by atoms with Crippen LogP contribution in [0.1, 0.15) is 51.2 Å². The van der Waals surface area contributed by atoms with E-state index >= 15 is 0 Å². The van der Waals surface area contributed by atoms with E-state index in [0.29, 0.717) is 5.92 Å². The molecule has 1 fully saturated rings. The molecule has 0 radical (unpaired) electrons. The van der Waals surface area contributed by atoms with Crippen LogP contribution in [-0.4, -0.2) is 5.11 Å². The second-order valence-electron chi connectivity index (χ2n) is 5.96. The summed E-state index contributed by atoms with van der Waals surface area (Å²) in [6.07, 6.45) is 1.22. The molecule has 1 nitrogen and oxygen atoms in total. The van der Waals surface area contributed by atoms with Crippen LogP contribution in [0.5, 0.6) is 5.75 Å². The van der Waals surface area contributed by atoms with E-state index in [2.05, 4.69) is 27.7 Å². The average Bonchev–Trinajstić information content (AvgIpc) is 2.79. The van der Waals surface area contributed by atoms with Gasteiger partial charge in [-0.1, -0.05) is 39.3 Å². The lowest BCUT2D eigenvalue weighted by atomic mass is 9.82. The molecule has 2 rings (SSSR count). The Morgan fingerprint density at radius 2 is 1.88 bits per heavy atom. The molecule has 1 aliphatic carbocycles. The molecule has 0 aliphatic heterocycles. The van der Waals surface area contributed by atoms with Crippen LogP contribution in [0.2, 0.25) is 5.02 Å². The molecule has 0 amide bonds. The quantitative estimate of drug-likeness (QED) is 0.766. The molecule has 0 heterocycles. The number of hydrogen-bond donors (Lipinski definition) is 1. The molecule has 16 heavy (non-hydrogen) atoms. The molecule has 1 aromatic carbocycles. The number of hydrogen-bond acceptors (Lipinski definition) is 1. The zero-order valence-electron chi connectivity index (χ0n) is 10.3. The van der Waals surface area contributed by atoms with E-state index in [4.69, 9.17) is 11.6 Å². The van der Waals surface area contributed by atoms with Gasteiger partial charge in [-0.05, 0) is 46.9 Å². The highest BCUT2D eigenvalue weighted by Gasteiger charge is 2.38. The number of halogens is 1. The fourth-order valence-corrected chi connectivity index (χ4v) is 2.68. The first-order valence-electron chi connectivity index (χ1n) is 5.83. The summed E-state index contributed by atoms with van der Waals surface area (Å²) >= 11 is 6.28. The third kappa shape index (κ3) is 2.06. The van der Waals surface area contributed by atoms with Crippen molar-refractivity contribution in [2.45, 2.75) is 45.4 Å². The van der Waals surface area contributed by atoms with Gasteiger partial charge in [0, 0.05) is 5.02 Å². The highest BCUT2D eigenvalue weighted by atomic mass is 35.5. The number of benzene rings is 1. The average molecular weight is 239 g/mol. The summed E-state index contributed by atoms with van der Waals surface area (Å²) in [6, 6.07) is 3.53. The summed E-state index contributed by atoms with van der Waals surface area (Å²) in [4.78, 5) is 0. The lowest BCUT2D eigenvalue weighted by Gasteiger charge is -2.24. The van der Waals surface area contributed by atoms with Gasteiger partial charge in [0.05, 0.1) is 0 Å². The molecule has 0 bridgehead atoms. The Hall–Kier alpha value is -0.690. The molecular formula is C14H19ClO. The van der Waals surface area contributed by atoms with E-state index in [-0.39, 0.29) is 11.2 Å². The Bertz CT molecular complexity index is 417. The Morgan fingerprint density at radius 1 is 1.31 bits per heavy atom. The lowest BCUT2D eigenvalue weighted by molar-refractivity contribution is 0.470. The minimum atomic E-state index is 0.0278. The van der Waals surface area contributed by atoms with Crippen molar-refractivity contribution < 1.29 is 5.11 Å². The van der Waals surface area contributed by atoms with Gasteiger partial charge in [-0.25, -0.2) is 0 Å². The first-order chi connectivity index (χ1) is 7.30. The largest absolute Gasteiger partial charge is 0.508 e. The SMILES string of the molecule is CC1CC1c1c(Cl)cc(O)cc1C(C)(C)C. The maximum Gasteiger partial charge on any atom is 0.117 e. The third-order valence-corrected chi connectivity index (χ3v) is 3.72. The van der Waals surface area contributed by atoms with Crippen molar-refractivity contribution in [3.63, 3.8) is 0 Å². The van der Waals surface area contributed by atoms with Crippen LogP contribution in [0.3, 0.4) is 0 Å². The van der Waals surface area contributed by atoms with E-state index in [1.807, 2.05) is 6.07 Å². The molecule has 1 aliphatic rings. The fourth-order valence-electron chi connectivity index (χ4n) is 2.33. The van der Waals surface area contributed by atoms with Crippen LogP contribution in [0.4, 0.5) is 0 Å². The number of phenolic OH excluding ortho intramolecular Hbond substituents is 1. The highest BCUT2D eigenvalue weighted by molar-refractivity contribution is 6.31. The zero-order chi connectivity index (χ0) is 12.1. The van der Waals surface area contributed by atoms with Crippen molar-refractivity contribution in [2.24, 2.45) is 5.92 Å². The second-order valence-corrected chi connectivity index (χ2v) is 6.37. The van der Waals surface area contributed by atoms with Gasteiger partial charge < -0.3 is 5.11 Å². The molecule has 2 unspecified atom stereocenters. The van der Waals surface area contributed by atoms with Crippen molar-refractivity contribution in [1.82, 2.24) is 0 Å². The molecule has 0 saturated heterocycles. The summed E-state index contributed by atoms with van der Waals surface area (Å²) in [5, 5.41) is 10.4. The van der Waals surface area contributed by atoms with E-state index < -0.39 is 0 Å². The summed E-state index contributed by atoms with van der Waals surface area (Å²) in [7, 11) is 0. The van der Waals surface area contributed by atoms with Gasteiger partial charge in [-0.15, -0.1) is 0 Å². The van der Waals surface area contributed by atoms with E-state index in [1.54, 1.807) is 6.07 Å². The second kappa shape index (κ2) is 3.66. The Balaban J connectivity index is 2.56. The van der Waals surface area contributed by atoms with Crippen molar-refractivity contribution in [3.8, 4) is 5.75 Å². The Morgan fingerprint density at radius 3 is 2.31 bits per heavy atom. The van der Waals surface area contributed by atoms with E-state index in [1.165, 1.54) is 17.5 Å². The van der Waals surface area contributed by atoms with Gasteiger partial charge in [-0.3, -0.25) is 0 Å². The minimum absolute atomic E-state index is 0.0278. The Labute approximate surface area is 102 Å². The molecule has 2 atom stereocenters. The van der Waals surface area contributed by atoms with Gasteiger partial charge in [0.1, 0.15) is 5.75 Å². The normalized spacial score (nSPS) is 24.6. The van der Waals surface area contributed by atoms with Gasteiger partial charge in [0.15, 0.2) is 0 Å². The number of rotatable bonds is 1. The van der Waals surface area contributed by atoms with E-state index in [9.17, 15) is 5.11 Å². The predicted octanol–water partition coefficient (Wildman–Crippen LogP) is 4.47. The molecule has 0 aromatic heterocycles. The van der Waals surface area contributed by atoms with Crippen molar-refractivity contribution in [1.29, 1.82) is 0 Å². The smallest absolute Gasteiger partial charge is 0.117 e. The van der Waals surface area contributed by atoms with Crippen LogP contribution in [0.15, 0.2) is 12.1 Å². The van der Waals surface area contributed by atoms with Gasteiger partial charge in [-0.2, -0.15) is 0 Å². The standard InChI is InChI=1S/C14H19ClO/c1-8-5-10(8)13-11(14(2,3)4)6-9(16)7-12(13)15/h6-8,10,16H,5H2,1-4H3. The first-order valence-corrected chi connectivity index (χ1v) is 6.21. The molecule has 0 spiro atoms. The molecular weight excluding hydrogens is 220 g/mol. The minimum Gasteiger partial charge on any atom is -0.508 e. The molecule has 88 valence electrons. The highest BCUT2D eigenvalue weighted by Crippen LogP contribution is 2.52. The van der Waals surface area contributed by atoms with Crippen molar-refractivity contribution in [3.05, 3.63) is 28.3 Å². The fraction of sp³-hybridized carbons (Fsp3) is 0.571. The van der Waals surface area contributed by atoms with Crippen molar-refractivity contribution >= 4 is 11.6 Å². The molecule has 2 heteroatoms. The number of phenols is 1. The summed E-state index contributed by atoms with van der Waals surface area (Å²) in [5.74, 6) is 1.58. The van der Waals surface area contributed by atoms with Gasteiger partial charge in [0.2, 0.25) is 0 Å². The maximum absolute atomic E-state index is 9.67. The maximum atomic E-state index is 9.67. The summed E-state index contributed by atoms with van der Waals surface area (Å²) in [5.41, 5.74) is 2.46. The van der Waals surface area contributed by atoms with E-state index in [0.717, 1.165) is 10.9 Å². The van der Waals surface area contributed by atoms with Gasteiger partial charge in [0.25, 0.3) is 0 Å². The monoisotopic (exact) mass is 238 g/mol. The van der Waals surface area contributed by atoms with Gasteiger partial charge >= 0.3 is 0 Å². The Kier molecular flexibility index (Phi) is 2.70. The number of aromatic hydroxyl groups is 1.